The molecule has 1 heterocycles. The van der Waals surface area contributed by atoms with E-state index in [1.807, 2.05) is 0 Å². The lowest BCUT2D eigenvalue weighted by Crippen LogP contribution is -2.60. The summed E-state index contributed by atoms with van der Waals surface area (Å²) in [5.41, 5.74) is 3.01. The molecular formula is C21H23BrN2O8. The van der Waals surface area contributed by atoms with E-state index in [9.17, 15) is 25.2 Å². The lowest BCUT2D eigenvalue weighted by molar-refractivity contribution is -0.277. The molecule has 5 atom stereocenters. The van der Waals surface area contributed by atoms with E-state index in [-0.39, 0.29) is 6.61 Å². The molecule has 0 spiro atoms. The SMILES string of the molecule is O=C(COc1ccc(Br)cc1)N/N=C\c1ccc(O[C@@H]2O[C@H](CO)[C@@H](O)[C@H](O)[C@H]2O)cc1. The molecule has 1 aliphatic rings. The molecule has 5 N–H and O–H groups in total. The van der Waals surface area contributed by atoms with Crippen molar-refractivity contribution in [1.29, 1.82) is 0 Å². The van der Waals surface area contributed by atoms with Gasteiger partial charge in [0.25, 0.3) is 5.91 Å². The van der Waals surface area contributed by atoms with E-state index in [1.165, 1.54) is 6.21 Å². The van der Waals surface area contributed by atoms with Crippen molar-refractivity contribution in [3.63, 3.8) is 0 Å². The molecule has 1 amide bonds. The summed E-state index contributed by atoms with van der Waals surface area (Å²) in [6.07, 6.45) is -5.37. The summed E-state index contributed by atoms with van der Waals surface area (Å²) in [7, 11) is 0. The minimum absolute atomic E-state index is 0.190. The Balaban J connectivity index is 1.47. The van der Waals surface area contributed by atoms with Crippen LogP contribution in [0.4, 0.5) is 0 Å². The summed E-state index contributed by atoms with van der Waals surface area (Å²) >= 11 is 3.32. The van der Waals surface area contributed by atoms with Crippen LogP contribution in [0.25, 0.3) is 0 Å². The minimum Gasteiger partial charge on any atom is -0.484 e. The number of rotatable bonds is 8. The van der Waals surface area contributed by atoms with Gasteiger partial charge in [0, 0.05) is 4.47 Å². The Labute approximate surface area is 192 Å². The van der Waals surface area contributed by atoms with Crippen LogP contribution >= 0.6 is 15.9 Å². The molecule has 0 saturated carbocycles. The molecule has 1 fully saturated rings. The third kappa shape index (κ3) is 6.48. The van der Waals surface area contributed by atoms with Crippen LogP contribution in [0.15, 0.2) is 58.1 Å². The first-order valence-corrected chi connectivity index (χ1v) is 10.4. The minimum atomic E-state index is -1.52. The molecule has 3 rings (SSSR count). The van der Waals surface area contributed by atoms with Gasteiger partial charge < -0.3 is 34.6 Å². The van der Waals surface area contributed by atoms with E-state index in [1.54, 1.807) is 48.5 Å². The first-order valence-electron chi connectivity index (χ1n) is 9.65. The van der Waals surface area contributed by atoms with Crippen LogP contribution in [0, 0.1) is 0 Å². The van der Waals surface area contributed by atoms with Crippen molar-refractivity contribution in [2.45, 2.75) is 30.7 Å². The molecule has 0 aromatic heterocycles. The number of hydrogen-bond acceptors (Lipinski definition) is 9. The number of halogens is 1. The quantitative estimate of drug-likeness (QED) is 0.249. The summed E-state index contributed by atoms with van der Waals surface area (Å²) in [6, 6.07) is 13.5. The molecule has 1 saturated heterocycles. The Morgan fingerprint density at radius 3 is 2.34 bits per heavy atom. The van der Waals surface area contributed by atoms with Crippen molar-refractivity contribution in [3.05, 3.63) is 58.6 Å². The molecule has 2 aromatic rings. The highest BCUT2D eigenvalue weighted by molar-refractivity contribution is 9.10. The number of nitrogens with one attached hydrogen (secondary N) is 1. The van der Waals surface area contributed by atoms with Crippen molar-refractivity contribution in [1.82, 2.24) is 5.43 Å². The zero-order valence-corrected chi connectivity index (χ0v) is 18.3. The van der Waals surface area contributed by atoms with Gasteiger partial charge in [-0.05, 0) is 54.1 Å². The molecule has 0 bridgehead atoms. The van der Waals surface area contributed by atoms with Crippen LogP contribution in [-0.4, -0.2) is 76.5 Å². The average Bonchev–Trinajstić information content (AvgIpc) is 2.80. The van der Waals surface area contributed by atoms with Crippen molar-refractivity contribution < 1.29 is 39.4 Å². The second kappa shape index (κ2) is 11.4. The van der Waals surface area contributed by atoms with E-state index in [4.69, 9.17) is 14.2 Å². The van der Waals surface area contributed by atoms with Gasteiger partial charge in [-0.2, -0.15) is 5.10 Å². The Morgan fingerprint density at radius 1 is 1.03 bits per heavy atom. The molecule has 1 aliphatic heterocycles. The number of carbonyl (C=O) groups is 1. The lowest BCUT2D eigenvalue weighted by Gasteiger charge is -2.39. The van der Waals surface area contributed by atoms with Gasteiger partial charge in [0.2, 0.25) is 6.29 Å². The molecule has 32 heavy (non-hydrogen) atoms. The van der Waals surface area contributed by atoms with Gasteiger partial charge in [-0.15, -0.1) is 0 Å². The first-order chi connectivity index (χ1) is 15.4. The number of hydrogen-bond donors (Lipinski definition) is 5. The molecule has 10 nitrogen and oxygen atoms in total. The molecule has 2 aromatic carbocycles. The predicted octanol–water partition coefficient (Wildman–Crippen LogP) is 0.157. The third-order valence-electron chi connectivity index (χ3n) is 4.57. The molecule has 0 unspecified atom stereocenters. The number of ether oxygens (including phenoxy) is 3. The zero-order valence-electron chi connectivity index (χ0n) is 16.7. The summed E-state index contributed by atoms with van der Waals surface area (Å²) < 4.78 is 17.1. The fourth-order valence-corrected chi connectivity index (χ4v) is 3.09. The summed E-state index contributed by atoms with van der Waals surface area (Å²) in [6.45, 7) is -0.731. The maximum Gasteiger partial charge on any atom is 0.277 e. The second-order valence-electron chi connectivity index (χ2n) is 6.92. The molecule has 172 valence electrons. The summed E-state index contributed by atoms with van der Waals surface area (Å²) in [5.74, 6) is 0.451. The number of amides is 1. The molecule has 0 radical (unpaired) electrons. The van der Waals surface area contributed by atoms with Gasteiger partial charge in [0.05, 0.1) is 12.8 Å². The van der Waals surface area contributed by atoms with Crippen molar-refractivity contribution in [2.75, 3.05) is 13.2 Å². The number of nitrogens with zero attached hydrogens (tertiary/aromatic N) is 1. The Bertz CT molecular complexity index is 907. The van der Waals surface area contributed by atoms with E-state index < -0.39 is 43.2 Å². The monoisotopic (exact) mass is 510 g/mol. The highest BCUT2D eigenvalue weighted by Gasteiger charge is 2.44. The smallest absolute Gasteiger partial charge is 0.277 e. The standard InChI is InChI=1S/C21H23BrN2O8/c22-13-3-7-14(8-4-13)30-11-17(26)24-23-9-12-1-5-15(6-2-12)31-21-20(29)19(28)18(27)16(10-25)32-21/h1-9,16,18-21,25,27-29H,10-11H2,(H,24,26)/b23-9-/t16-,18-,19+,20-,21-/m1/s1. The van der Waals surface area contributed by atoms with E-state index in [0.29, 0.717) is 17.1 Å². The van der Waals surface area contributed by atoms with Crippen molar-refractivity contribution in [3.8, 4) is 11.5 Å². The lowest BCUT2D eigenvalue weighted by atomic mass is 9.99. The number of aliphatic hydroxyl groups is 4. The molecule has 0 aliphatic carbocycles. The Kier molecular flexibility index (Phi) is 8.56. The van der Waals surface area contributed by atoms with Gasteiger partial charge in [-0.25, -0.2) is 5.43 Å². The normalized spacial score (nSPS) is 25.5. The maximum atomic E-state index is 11.8. The largest absolute Gasteiger partial charge is 0.484 e. The van der Waals surface area contributed by atoms with Crippen molar-refractivity contribution in [2.24, 2.45) is 5.10 Å². The Morgan fingerprint density at radius 2 is 1.69 bits per heavy atom. The molecular weight excluding hydrogens is 488 g/mol. The van der Waals surface area contributed by atoms with Crippen LogP contribution in [0.2, 0.25) is 0 Å². The van der Waals surface area contributed by atoms with Crippen LogP contribution < -0.4 is 14.9 Å². The molecule has 11 heteroatoms. The van der Waals surface area contributed by atoms with E-state index in [2.05, 4.69) is 26.5 Å². The highest BCUT2D eigenvalue weighted by atomic mass is 79.9. The average molecular weight is 511 g/mol. The summed E-state index contributed by atoms with van der Waals surface area (Å²) in [5, 5.41) is 42.7. The van der Waals surface area contributed by atoms with Crippen LogP contribution in [0.3, 0.4) is 0 Å². The first kappa shape index (κ1) is 24.1. The number of benzene rings is 2. The highest BCUT2D eigenvalue weighted by Crippen LogP contribution is 2.24. The van der Waals surface area contributed by atoms with Gasteiger partial charge in [-0.3, -0.25) is 4.79 Å². The predicted molar refractivity (Wildman–Crippen MR) is 116 cm³/mol. The topological polar surface area (TPSA) is 150 Å². The van der Waals surface area contributed by atoms with Gasteiger partial charge in [0.15, 0.2) is 6.61 Å². The van der Waals surface area contributed by atoms with Crippen LogP contribution in [-0.2, 0) is 9.53 Å². The van der Waals surface area contributed by atoms with Gasteiger partial charge >= 0.3 is 0 Å². The zero-order chi connectivity index (χ0) is 23.1. The third-order valence-corrected chi connectivity index (χ3v) is 5.10. The maximum absolute atomic E-state index is 11.8. The van der Waals surface area contributed by atoms with Crippen LogP contribution in [0.5, 0.6) is 11.5 Å². The number of carbonyl (C=O) groups excluding carboxylic acids is 1. The van der Waals surface area contributed by atoms with Crippen molar-refractivity contribution >= 4 is 28.1 Å². The Hall–Kier alpha value is -2.54. The number of hydrazone groups is 1. The summed E-state index contributed by atoms with van der Waals surface area (Å²) in [4.78, 5) is 11.8. The fraction of sp³-hybridized carbons (Fsp3) is 0.333. The van der Waals surface area contributed by atoms with E-state index >= 15 is 0 Å². The number of aliphatic hydroxyl groups excluding tert-OH is 4. The van der Waals surface area contributed by atoms with E-state index in [0.717, 1.165) is 4.47 Å². The fourth-order valence-electron chi connectivity index (χ4n) is 2.82. The van der Waals surface area contributed by atoms with Gasteiger partial charge in [-0.1, -0.05) is 15.9 Å². The second-order valence-corrected chi connectivity index (χ2v) is 7.84. The van der Waals surface area contributed by atoms with Gasteiger partial charge in [0.1, 0.15) is 35.9 Å². The van der Waals surface area contributed by atoms with Crippen LogP contribution in [0.1, 0.15) is 5.56 Å².